The first-order valence-corrected chi connectivity index (χ1v) is 8.90. The summed E-state index contributed by atoms with van der Waals surface area (Å²) in [6.07, 6.45) is 4.53. The number of aromatic nitrogens is 2. The van der Waals surface area contributed by atoms with Crippen molar-refractivity contribution in [2.45, 2.75) is 24.9 Å². The summed E-state index contributed by atoms with van der Waals surface area (Å²) in [6.45, 7) is 0.969. The number of likely N-dealkylation sites (tertiary alicyclic amines) is 1. The molecule has 8 heteroatoms. The largest absolute Gasteiger partial charge is 0.388 e. The van der Waals surface area contributed by atoms with Crippen molar-refractivity contribution in [2.24, 2.45) is 7.05 Å². The van der Waals surface area contributed by atoms with Gasteiger partial charge in [-0.05, 0) is 37.5 Å². The molecule has 1 fully saturated rings. The van der Waals surface area contributed by atoms with Gasteiger partial charge in [-0.1, -0.05) is 6.07 Å². The molecular weight excluding hydrogens is 351 g/mol. The zero-order valence-electron chi connectivity index (χ0n) is 15.2. The summed E-state index contributed by atoms with van der Waals surface area (Å²) in [5.74, 6) is -1.04. The van der Waals surface area contributed by atoms with E-state index in [1.54, 1.807) is 22.8 Å². The Morgan fingerprint density at radius 1 is 1.33 bits per heavy atom. The van der Waals surface area contributed by atoms with Crippen molar-refractivity contribution in [2.75, 3.05) is 19.6 Å². The van der Waals surface area contributed by atoms with Gasteiger partial charge < -0.3 is 19.9 Å². The number of aryl methyl sites for hydroxylation is 1. The lowest BCUT2D eigenvalue weighted by Crippen LogP contribution is -2.44. The number of amides is 2. The van der Waals surface area contributed by atoms with Gasteiger partial charge in [0, 0.05) is 32.2 Å². The molecule has 144 valence electrons. The third kappa shape index (κ3) is 4.51. The standard InChI is InChI=1S/C19H23FN4O3/c1-23-13-21-11-16(23)18(26)24-8-3-6-19(27,7-9-24)12-22-17(25)14-4-2-5-15(20)10-14/h2,4-5,10-11,13,27H,3,6-9,12H2,1H3,(H,22,25)/t19-/m0/s1. The number of rotatable bonds is 4. The predicted molar refractivity (Wildman–Crippen MR) is 96.6 cm³/mol. The fourth-order valence-electron chi connectivity index (χ4n) is 3.26. The van der Waals surface area contributed by atoms with E-state index in [4.69, 9.17) is 0 Å². The minimum atomic E-state index is -1.11. The number of carbonyl (C=O) groups excluding carboxylic acids is 2. The molecule has 1 saturated heterocycles. The maximum atomic E-state index is 13.2. The maximum absolute atomic E-state index is 13.2. The monoisotopic (exact) mass is 374 g/mol. The zero-order valence-corrected chi connectivity index (χ0v) is 15.2. The van der Waals surface area contributed by atoms with Crippen molar-refractivity contribution in [1.82, 2.24) is 19.8 Å². The van der Waals surface area contributed by atoms with Crippen LogP contribution in [0.2, 0.25) is 0 Å². The molecule has 0 unspecified atom stereocenters. The Hall–Kier alpha value is -2.74. The summed E-state index contributed by atoms with van der Waals surface area (Å²) in [5.41, 5.74) is -0.398. The molecular formula is C19H23FN4O3. The minimum Gasteiger partial charge on any atom is -0.388 e. The highest BCUT2D eigenvalue weighted by Gasteiger charge is 2.32. The molecule has 0 spiro atoms. The van der Waals surface area contributed by atoms with Gasteiger partial charge in [-0.15, -0.1) is 0 Å². The lowest BCUT2D eigenvalue weighted by atomic mass is 9.94. The molecule has 27 heavy (non-hydrogen) atoms. The number of halogens is 1. The van der Waals surface area contributed by atoms with Gasteiger partial charge in [-0.3, -0.25) is 9.59 Å². The summed E-state index contributed by atoms with van der Waals surface area (Å²) in [4.78, 5) is 30.4. The Balaban J connectivity index is 1.58. The topological polar surface area (TPSA) is 87.5 Å². The van der Waals surface area contributed by atoms with E-state index in [0.29, 0.717) is 38.0 Å². The van der Waals surface area contributed by atoms with Crippen LogP contribution in [0.1, 0.15) is 40.1 Å². The summed E-state index contributed by atoms with van der Waals surface area (Å²) in [6, 6.07) is 5.40. The Bertz CT molecular complexity index is 838. The van der Waals surface area contributed by atoms with Crippen molar-refractivity contribution in [3.05, 3.63) is 53.9 Å². The summed E-state index contributed by atoms with van der Waals surface area (Å²) in [7, 11) is 1.76. The van der Waals surface area contributed by atoms with Crippen molar-refractivity contribution >= 4 is 11.8 Å². The normalized spacial score (nSPS) is 20.2. The van der Waals surface area contributed by atoms with Crippen LogP contribution < -0.4 is 5.32 Å². The van der Waals surface area contributed by atoms with Gasteiger partial charge in [0.25, 0.3) is 11.8 Å². The number of imidazole rings is 1. The van der Waals surface area contributed by atoms with Crippen LogP contribution in [0.4, 0.5) is 4.39 Å². The second-order valence-electron chi connectivity index (χ2n) is 6.95. The van der Waals surface area contributed by atoms with Crippen molar-refractivity contribution < 1.29 is 19.1 Å². The lowest BCUT2D eigenvalue weighted by Gasteiger charge is -2.27. The Morgan fingerprint density at radius 2 is 2.15 bits per heavy atom. The number of nitrogens with zero attached hydrogens (tertiary/aromatic N) is 3. The summed E-state index contributed by atoms with van der Waals surface area (Å²) in [5, 5.41) is 13.5. The fraction of sp³-hybridized carbons (Fsp3) is 0.421. The van der Waals surface area contributed by atoms with E-state index in [9.17, 15) is 19.1 Å². The molecule has 1 aromatic heterocycles. The highest BCUT2D eigenvalue weighted by Crippen LogP contribution is 2.23. The number of hydrogen-bond acceptors (Lipinski definition) is 4. The van der Waals surface area contributed by atoms with Gasteiger partial charge in [0.15, 0.2) is 0 Å². The van der Waals surface area contributed by atoms with Gasteiger partial charge in [-0.2, -0.15) is 0 Å². The number of aliphatic hydroxyl groups is 1. The number of benzene rings is 1. The second kappa shape index (κ2) is 7.87. The van der Waals surface area contributed by atoms with Crippen molar-refractivity contribution in [3.8, 4) is 0 Å². The number of nitrogens with one attached hydrogen (secondary N) is 1. The molecule has 2 aromatic rings. The fourth-order valence-corrected chi connectivity index (χ4v) is 3.26. The van der Waals surface area contributed by atoms with E-state index in [2.05, 4.69) is 10.3 Å². The van der Waals surface area contributed by atoms with Crippen LogP contribution in [0.15, 0.2) is 36.8 Å². The average Bonchev–Trinajstić information content (AvgIpc) is 2.98. The highest BCUT2D eigenvalue weighted by atomic mass is 19.1. The SMILES string of the molecule is Cn1cncc1C(=O)N1CCC[C@@](O)(CNC(=O)c2cccc(F)c2)CC1. The molecule has 7 nitrogen and oxygen atoms in total. The molecule has 2 amide bonds. The van der Waals surface area contributed by atoms with E-state index >= 15 is 0 Å². The molecule has 3 rings (SSSR count). The van der Waals surface area contributed by atoms with E-state index in [1.807, 2.05) is 0 Å². The maximum Gasteiger partial charge on any atom is 0.272 e. The summed E-state index contributed by atoms with van der Waals surface area (Å²) >= 11 is 0. The highest BCUT2D eigenvalue weighted by molar-refractivity contribution is 5.94. The first-order chi connectivity index (χ1) is 12.9. The molecule has 1 atom stereocenters. The van der Waals surface area contributed by atoms with Crippen LogP contribution in [-0.4, -0.2) is 56.6 Å². The summed E-state index contributed by atoms with van der Waals surface area (Å²) < 4.78 is 14.9. The molecule has 0 radical (unpaired) electrons. The van der Waals surface area contributed by atoms with E-state index < -0.39 is 17.3 Å². The Morgan fingerprint density at radius 3 is 2.85 bits per heavy atom. The van der Waals surface area contributed by atoms with Gasteiger partial charge >= 0.3 is 0 Å². The lowest BCUT2D eigenvalue weighted by molar-refractivity contribution is 0.0249. The molecule has 2 N–H and O–H groups in total. The van der Waals surface area contributed by atoms with Crippen LogP contribution in [0.3, 0.4) is 0 Å². The predicted octanol–water partition coefficient (Wildman–Crippen LogP) is 1.35. The van der Waals surface area contributed by atoms with Crippen LogP contribution in [0, 0.1) is 5.82 Å². The first kappa shape index (κ1) is 19.0. The van der Waals surface area contributed by atoms with E-state index in [1.165, 1.54) is 24.4 Å². The zero-order chi connectivity index (χ0) is 19.4. The number of hydrogen-bond donors (Lipinski definition) is 2. The third-order valence-corrected chi connectivity index (χ3v) is 4.91. The first-order valence-electron chi connectivity index (χ1n) is 8.90. The molecule has 1 aliphatic heterocycles. The smallest absolute Gasteiger partial charge is 0.272 e. The van der Waals surface area contributed by atoms with Crippen LogP contribution >= 0.6 is 0 Å². The van der Waals surface area contributed by atoms with E-state index in [-0.39, 0.29) is 18.0 Å². The molecule has 1 aliphatic rings. The van der Waals surface area contributed by atoms with E-state index in [0.717, 1.165) is 6.07 Å². The third-order valence-electron chi connectivity index (χ3n) is 4.91. The van der Waals surface area contributed by atoms with Gasteiger partial charge in [0.05, 0.1) is 18.1 Å². The van der Waals surface area contributed by atoms with Crippen molar-refractivity contribution in [3.63, 3.8) is 0 Å². The Labute approximate surface area is 156 Å². The average molecular weight is 374 g/mol. The minimum absolute atomic E-state index is 0.0517. The van der Waals surface area contributed by atoms with Gasteiger partial charge in [0.2, 0.25) is 0 Å². The van der Waals surface area contributed by atoms with Crippen LogP contribution in [0.5, 0.6) is 0 Å². The molecule has 1 aromatic carbocycles. The second-order valence-corrected chi connectivity index (χ2v) is 6.95. The molecule has 0 aliphatic carbocycles. The van der Waals surface area contributed by atoms with Crippen molar-refractivity contribution in [1.29, 1.82) is 0 Å². The quantitative estimate of drug-likeness (QED) is 0.846. The molecule has 2 heterocycles. The Kier molecular flexibility index (Phi) is 5.55. The molecule has 0 saturated carbocycles. The number of carbonyl (C=O) groups is 2. The van der Waals surface area contributed by atoms with Gasteiger partial charge in [-0.25, -0.2) is 9.37 Å². The van der Waals surface area contributed by atoms with Crippen LogP contribution in [0.25, 0.3) is 0 Å². The molecule has 0 bridgehead atoms. The van der Waals surface area contributed by atoms with Gasteiger partial charge in [0.1, 0.15) is 11.5 Å². The van der Waals surface area contributed by atoms with Crippen LogP contribution in [-0.2, 0) is 7.05 Å².